The highest BCUT2D eigenvalue weighted by Gasteiger charge is 2.16. The molecule has 0 amide bonds. The average Bonchev–Trinajstić information content (AvgIpc) is 2.60. The molecule has 17 heavy (non-hydrogen) atoms. The van der Waals surface area contributed by atoms with Crippen LogP contribution in [0, 0.1) is 0 Å². The van der Waals surface area contributed by atoms with Crippen LogP contribution in [0.5, 0.6) is 0 Å². The number of halogens is 1. The van der Waals surface area contributed by atoms with Crippen molar-refractivity contribution in [2.75, 3.05) is 13.2 Å². The van der Waals surface area contributed by atoms with Crippen molar-refractivity contribution in [1.82, 2.24) is 5.32 Å². The Bertz CT molecular complexity index is 332. The van der Waals surface area contributed by atoms with Crippen LogP contribution in [-0.2, 0) is 11.2 Å². The molecule has 4 heteroatoms. The molecule has 1 aromatic heterocycles. The maximum absolute atomic E-state index is 5.86. The van der Waals surface area contributed by atoms with E-state index in [1.807, 2.05) is 0 Å². The molecular formula is C13H22BrNOS. The molecule has 0 saturated heterocycles. The van der Waals surface area contributed by atoms with E-state index in [4.69, 9.17) is 4.74 Å². The molecule has 1 heterocycles. The third-order valence-electron chi connectivity index (χ3n) is 2.33. The van der Waals surface area contributed by atoms with Crippen molar-refractivity contribution >= 4 is 27.3 Å². The van der Waals surface area contributed by atoms with Gasteiger partial charge in [0, 0.05) is 21.8 Å². The highest BCUT2D eigenvalue weighted by molar-refractivity contribution is 9.10. The first-order valence-corrected chi connectivity index (χ1v) is 7.69. The van der Waals surface area contributed by atoms with Gasteiger partial charge < -0.3 is 10.1 Å². The predicted octanol–water partition coefficient (Wildman–Crippen LogP) is 3.85. The van der Waals surface area contributed by atoms with Crippen LogP contribution < -0.4 is 5.32 Å². The first-order valence-electron chi connectivity index (χ1n) is 6.01. The topological polar surface area (TPSA) is 21.3 Å². The summed E-state index contributed by atoms with van der Waals surface area (Å²) < 4.78 is 7.07. The van der Waals surface area contributed by atoms with E-state index in [-0.39, 0.29) is 5.60 Å². The van der Waals surface area contributed by atoms with Crippen LogP contribution in [-0.4, -0.2) is 24.8 Å². The van der Waals surface area contributed by atoms with Crippen molar-refractivity contribution < 1.29 is 4.74 Å². The van der Waals surface area contributed by atoms with Gasteiger partial charge >= 0.3 is 0 Å². The minimum atomic E-state index is -0.0691. The van der Waals surface area contributed by atoms with Gasteiger partial charge in [0.25, 0.3) is 0 Å². The Balaban J connectivity index is 2.51. The normalized spacial score (nSPS) is 13.9. The van der Waals surface area contributed by atoms with Crippen LogP contribution in [0.4, 0.5) is 0 Å². The number of likely N-dealkylation sites (N-methyl/N-ethyl adjacent to an activating group) is 1. The zero-order chi connectivity index (χ0) is 12.9. The third-order valence-corrected chi connectivity index (χ3v) is 4.28. The Morgan fingerprint density at radius 3 is 2.65 bits per heavy atom. The largest absolute Gasteiger partial charge is 0.374 e. The van der Waals surface area contributed by atoms with Crippen LogP contribution in [0.25, 0.3) is 0 Å². The van der Waals surface area contributed by atoms with Crippen molar-refractivity contribution in [2.24, 2.45) is 0 Å². The van der Waals surface area contributed by atoms with Gasteiger partial charge in [-0.15, -0.1) is 11.3 Å². The van der Waals surface area contributed by atoms with E-state index in [1.54, 1.807) is 11.3 Å². The number of hydrogen-bond acceptors (Lipinski definition) is 3. The highest BCUT2D eigenvalue weighted by atomic mass is 79.9. The van der Waals surface area contributed by atoms with Gasteiger partial charge in [0.15, 0.2) is 0 Å². The summed E-state index contributed by atoms with van der Waals surface area (Å²) in [6.07, 6.45) is 1.02. The molecule has 1 rings (SSSR count). The lowest BCUT2D eigenvalue weighted by atomic mass is 10.1. The highest BCUT2D eigenvalue weighted by Crippen LogP contribution is 2.24. The molecule has 0 radical (unpaired) electrons. The molecule has 0 saturated carbocycles. The zero-order valence-corrected chi connectivity index (χ0v) is 13.5. The summed E-state index contributed by atoms with van der Waals surface area (Å²) in [6, 6.07) is 2.49. The fourth-order valence-electron chi connectivity index (χ4n) is 1.52. The van der Waals surface area contributed by atoms with E-state index in [0.717, 1.165) is 19.6 Å². The monoisotopic (exact) mass is 319 g/mol. The maximum atomic E-state index is 5.86. The lowest BCUT2D eigenvalue weighted by molar-refractivity contribution is -0.0141. The SMILES string of the molecule is CCNC(COC(C)(C)C)Cc1sccc1Br. The van der Waals surface area contributed by atoms with Gasteiger partial charge in [-0.25, -0.2) is 0 Å². The summed E-state index contributed by atoms with van der Waals surface area (Å²) in [7, 11) is 0. The summed E-state index contributed by atoms with van der Waals surface area (Å²) in [5, 5.41) is 5.60. The first-order chi connectivity index (χ1) is 7.92. The third kappa shape index (κ3) is 6.00. The minimum absolute atomic E-state index is 0.0691. The summed E-state index contributed by atoms with van der Waals surface area (Å²) in [6.45, 7) is 10.1. The van der Waals surface area contributed by atoms with Gasteiger partial charge in [-0.1, -0.05) is 6.92 Å². The Hall–Kier alpha value is 0.100. The Morgan fingerprint density at radius 2 is 2.18 bits per heavy atom. The van der Waals surface area contributed by atoms with E-state index in [9.17, 15) is 0 Å². The van der Waals surface area contributed by atoms with Gasteiger partial charge in [0.1, 0.15) is 0 Å². The van der Waals surface area contributed by atoms with Crippen molar-refractivity contribution in [3.8, 4) is 0 Å². The second kappa shape index (κ2) is 6.88. The smallest absolute Gasteiger partial charge is 0.0630 e. The molecular weight excluding hydrogens is 298 g/mol. The summed E-state index contributed by atoms with van der Waals surface area (Å²) in [4.78, 5) is 1.38. The molecule has 1 unspecified atom stereocenters. The van der Waals surface area contributed by atoms with Crippen LogP contribution in [0.1, 0.15) is 32.6 Å². The molecule has 0 aromatic carbocycles. The molecule has 1 N–H and O–H groups in total. The first kappa shape index (κ1) is 15.2. The number of ether oxygens (including phenoxy) is 1. The summed E-state index contributed by atoms with van der Waals surface area (Å²) in [5.41, 5.74) is -0.0691. The van der Waals surface area contributed by atoms with E-state index in [2.05, 4.69) is 60.4 Å². The molecule has 1 atom stereocenters. The zero-order valence-electron chi connectivity index (χ0n) is 11.0. The minimum Gasteiger partial charge on any atom is -0.374 e. The van der Waals surface area contributed by atoms with Gasteiger partial charge in [0.05, 0.1) is 12.2 Å². The Kier molecular flexibility index (Phi) is 6.13. The molecule has 0 spiro atoms. The van der Waals surface area contributed by atoms with Crippen molar-refractivity contribution in [3.05, 3.63) is 20.8 Å². The van der Waals surface area contributed by atoms with Crippen LogP contribution >= 0.6 is 27.3 Å². The van der Waals surface area contributed by atoms with Gasteiger partial charge in [-0.3, -0.25) is 0 Å². The Labute approximate surface area is 117 Å². The van der Waals surface area contributed by atoms with Gasteiger partial charge in [-0.2, -0.15) is 0 Å². The molecule has 2 nitrogen and oxygen atoms in total. The van der Waals surface area contributed by atoms with Crippen LogP contribution in [0.3, 0.4) is 0 Å². The fourth-order valence-corrected chi connectivity index (χ4v) is 3.12. The molecule has 0 aliphatic heterocycles. The predicted molar refractivity (Wildman–Crippen MR) is 78.9 cm³/mol. The molecule has 98 valence electrons. The molecule has 0 aliphatic carbocycles. The molecule has 0 aliphatic rings. The van der Waals surface area contributed by atoms with Crippen molar-refractivity contribution in [1.29, 1.82) is 0 Å². The van der Waals surface area contributed by atoms with E-state index in [0.29, 0.717) is 6.04 Å². The quantitative estimate of drug-likeness (QED) is 0.860. The lowest BCUT2D eigenvalue weighted by Crippen LogP contribution is -2.38. The maximum Gasteiger partial charge on any atom is 0.0630 e. The number of hydrogen-bond donors (Lipinski definition) is 1. The lowest BCUT2D eigenvalue weighted by Gasteiger charge is -2.25. The summed E-state index contributed by atoms with van der Waals surface area (Å²) in [5.74, 6) is 0. The van der Waals surface area contributed by atoms with Crippen molar-refractivity contribution in [3.63, 3.8) is 0 Å². The average molecular weight is 320 g/mol. The van der Waals surface area contributed by atoms with Gasteiger partial charge in [0.2, 0.25) is 0 Å². The molecule has 0 fully saturated rings. The number of rotatable bonds is 6. The van der Waals surface area contributed by atoms with Crippen LogP contribution in [0.15, 0.2) is 15.9 Å². The van der Waals surface area contributed by atoms with Gasteiger partial charge in [-0.05, 0) is 54.7 Å². The molecule has 1 aromatic rings. The van der Waals surface area contributed by atoms with Crippen LogP contribution in [0.2, 0.25) is 0 Å². The van der Waals surface area contributed by atoms with E-state index in [1.165, 1.54) is 9.35 Å². The van der Waals surface area contributed by atoms with E-state index < -0.39 is 0 Å². The standard InChI is InChI=1S/C13H22BrNOS/c1-5-15-10(9-16-13(2,3)4)8-12-11(14)6-7-17-12/h6-7,10,15H,5,8-9H2,1-4H3. The van der Waals surface area contributed by atoms with E-state index >= 15 is 0 Å². The van der Waals surface area contributed by atoms with Crippen molar-refractivity contribution in [2.45, 2.75) is 45.8 Å². The second-order valence-electron chi connectivity index (χ2n) is 5.07. The number of nitrogens with one attached hydrogen (secondary N) is 1. The Morgan fingerprint density at radius 1 is 1.47 bits per heavy atom. The molecule has 0 bridgehead atoms. The fraction of sp³-hybridized carbons (Fsp3) is 0.692. The second-order valence-corrected chi connectivity index (χ2v) is 6.93. The summed E-state index contributed by atoms with van der Waals surface area (Å²) >= 11 is 5.37. The number of thiophene rings is 1.